The van der Waals surface area contributed by atoms with E-state index in [2.05, 4.69) is 9.88 Å². The van der Waals surface area contributed by atoms with Gasteiger partial charge in [-0.15, -0.1) is 0 Å². The number of rotatable bonds is 4. The smallest absolute Gasteiger partial charge is 0.139 e. The van der Waals surface area contributed by atoms with Gasteiger partial charge in [-0.25, -0.2) is 4.98 Å². The van der Waals surface area contributed by atoms with Crippen LogP contribution in [0.25, 0.3) is 0 Å². The molecular formula is C14H21N3OS. The quantitative estimate of drug-likeness (QED) is 0.822. The van der Waals surface area contributed by atoms with Crippen LogP contribution < -0.4 is 10.6 Å². The summed E-state index contributed by atoms with van der Waals surface area (Å²) < 4.78 is 0. The van der Waals surface area contributed by atoms with E-state index in [0.29, 0.717) is 11.0 Å². The number of piperidine rings is 1. The van der Waals surface area contributed by atoms with Crippen molar-refractivity contribution in [3.63, 3.8) is 0 Å². The fourth-order valence-corrected chi connectivity index (χ4v) is 3.05. The molecule has 0 spiro atoms. The van der Waals surface area contributed by atoms with Crippen LogP contribution in [-0.2, 0) is 0 Å². The molecule has 2 rings (SSSR count). The molecule has 1 saturated heterocycles. The van der Waals surface area contributed by atoms with Crippen LogP contribution in [0.5, 0.6) is 0 Å². The number of aliphatic hydroxyl groups excluding tert-OH is 1. The Balaban J connectivity index is 2.38. The van der Waals surface area contributed by atoms with Crippen LogP contribution in [-0.4, -0.2) is 34.3 Å². The number of thiocarbonyl (C=S) groups is 1. The van der Waals surface area contributed by atoms with E-state index < -0.39 is 0 Å². The molecule has 0 radical (unpaired) electrons. The summed E-state index contributed by atoms with van der Waals surface area (Å²) in [5.41, 5.74) is 7.79. The first-order valence-corrected chi connectivity index (χ1v) is 7.19. The number of nitrogens with two attached hydrogens (primary N) is 1. The maximum Gasteiger partial charge on any atom is 0.139 e. The molecule has 1 aliphatic rings. The average Bonchev–Trinajstić information content (AvgIpc) is 2.39. The maximum atomic E-state index is 9.22. The standard InChI is InChI=1S/C14H21N3OS/c1-10-5-7-16-14(12(10)13(15)19)17-8-3-2-4-11(17)6-9-18/h5,7,11,18H,2-4,6,8-9H2,1H3,(H2,15,19). The third-order valence-electron chi connectivity index (χ3n) is 3.75. The van der Waals surface area contributed by atoms with Gasteiger partial charge in [0.15, 0.2) is 0 Å². The highest BCUT2D eigenvalue weighted by Crippen LogP contribution is 2.29. The fourth-order valence-electron chi connectivity index (χ4n) is 2.79. The van der Waals surface area contributed by atoms with Gasteiger partial charge in [0.05, 0.1) is 5.56 Å². The number of aryl methyl sites for hydroxylation is 1. The molecule has 4 nitrogen and oxygen atoms in total. The first-order valence-electron chi connectivity index (χ1n) is 6.78. The lowest BCUT2D eigenvalue weighted by Crippen LogP contribution is -2.42. The number of hydrogen-bond acceptors (Lipinski definition) is 4. The molecule has 1 unspecified atom stereocenters. The topological polar surface area (TPSA) is 62.4 Å². The molecule has 5 heteroatoms. The first-order chi connectivity index (χ1) is 9.15. The van der Waals surface area contributed by atoms with Crippen molar-refractivity contribution in [1.82, 2.24) is 4.98 Å². The minimum Gasteiger partial charge on any atom is -0.396 e. The molecule has 0 bridgehead atoms. The predicted octanol–water partition coefficient (Wildman–Crippen LogP) is 1.77. The normalized spacial score (nSPS) is 19.5. The van der Waals surface area contributed by atoms with Gasteiger partial charge in [0.1, 0.15) is 10.8 Å². The Labute approximate surface area is 119 Å². The van der Waals surface area contributed by atoms with Gasteiger partial charge < -0.3 is 15.7 Å². The van der Waals surface area contributed by atoms with Gasteiger partial charge in [-0.1, -0.05) is 12.2 Å². The van der Waals surface area contributed by atoms with Gasteiger partial charge in [-0.2, -0.15) is 0 Å². The highest BCUT2D eigenvalue weighted by Gasteiger charge is 2.26. The molecule has 1 atom stereocenters. The van der Waals surface area contributed by atoms with Crippen molar-refractivity contribution < 1.29 is 5.11 Å². The van der Waals surface area contributed by atoms with Crippen LogP contribution >= 0.6 is 12.2 Å². The Bertz CT molecular complexity index is 462. The van der Waals surface area contributed by atoms with Crippen molar-refractivity contribution in [1.29, 1.82) is 0 Å². The first kappa shape index (κ1) is 14.2. The number of pyridine rings is 1. The Morgan fingerprint density at radius 3 is 3.05 bits per heavy atom. The largest absolute Gasteiger partial charge is 0.396 e. The fraction of sp³-hybridized carbons (Fsp3) is 0.571. The summed E-state index contributed by atoms with van der Waals surface area (Å²) in [5, 5.41) is 9.22. The summed E-state index contributed by atoms with van der Waals surface area (Å²) in [6.45, 7) is 3.16. The molecule has 0 aliphatic carbocycles. The van der Waals surface area contributed by atoms with Crippen LogP contribution in [0.3, 0.4) is 0 Å². The molecule has 19 heavy (non-hydrogen) atoms. The van der Waals surface area contributed by atoms with E-state index in [0.717, 1.165) is 42.8 Å². The zero-order valence-electron chi connectivity index (χ0n) is 11.3. The summed E-state index contributed by atoms with van der Waals surface area (Å²) in [6.07, 6.45) is 6.01. The average molecular weight is 279 g/mol. The third kappa shape index (κ3) is 3.04. The minimum absolute atomic E-state index is 0.204. The molecule has 0 aromatic carbocycles. The second kappa shape index (κ2) is 6.30. The lowest BCUT2D eigenvalue weighted by atomic mass is 9.98. The van der Waals surface area contributed by atoms with Crippen LogP contribution in [0.4, 0.5) is 5.82 Å². The second-order valence-electron chi connectivity index (χ2n) is 5.05. The minimum atomic E-state index is 0.204. The van der Waals surface area contributed by atoms with Crippen molar-refractivity contribution >= 4 is 23.0 Å². The molecule has 3 N–H and O–H groups in total. The summed E-state index contributed by atoms with van der Waals surface area (Å²) in [4.78, 5) is 7.16. The second-order valence-corrected chi connectivity index (χ2v) is 5.49. The number of aromatic nitrogens is 1. The summed E-state index contributed by atoms with van der Waals surface area (Å²) in [5.74, 6) is 0.880. The lowest BCUT2D eigenvalue weighted by molar-refractivity contribution is 0.262. The molecule has 2 heterocycles. The SMILES string of the molecule is Cc1ccnc(N2CCCCC2CCO)c1C(N)=S. The van der Waals surface area contributed by atoms with E-state index in [-0.39, 0.29) is 6.61 Å². The van der Waals surface area contributed by atoms with Crippen LogP contribution in [0, 0.1) is 6.92 Å². The third-order valence-corrected chi connectivity index (χ3v) is 3.95. The summed E-state index contributed by atoms with van der Waals surface area (Å²) in [7, 11) is 0. The number of nitrogens with zero attached hydrogens (tertiary/aromatic N) is 2. The zero-order valence-corrected chi connectivity index (χ0v) is 12.1. The van der Waals surface area contributed by atoms with Gasteiger partial charge in [0, 0.05) is 25.4 Å². The monoisotopic (exact) mass is 279 g/mol. The molecule has 0 saturated carbocycles. The van der Waals surface area contributed by atoms with Crippen molar-refractivity contribution in [2.45, 2.75) is 38.6 Å². The zero-order chi connectivity index (χ0) is 13.8. The van der Waals surface area contributed by atoms with E-state index in [1.54, 1.807) is 6.20 Å². The Kier molecular flexibility index (Phi) is 4.71. The molecule has 1 aliphatic heterocycles. The van der Waals surface area contributed by atoms with Gasteiger partial charge >= 0.3 is 0 Å². The Morgan fingerprint density at radius 2 is 2.37 bits per heavy atom. The van der Waals surface area contributed by atoms with E-state index in [1.165, 1.54) is 6.42 Å². The van der Waals surface area contributed by atoms with Crippen LogP contribution in [0.1, 0.15) is 36.8 Å². The molecule has 1 aromatic rings. The molecule has 0 amide bonds. The van der Waals surface area contributed by atoms with E-state index in [4.69, 9.17) is 18.0 Å². The predicted molar refractivity (Wildman–Crippen MR) is 81.5 cm³/mol. The number of hydrogen-bond donors (Lipinski definition) is 2. The maximum absolute atomic E-state index is 9.22. The number of anilines is 1. The van der Waals surface area contributed by atoms with Crippen LogP contribution in [0.2, 0.25) is 0 Å². The van der Waals surface area contributed by atoms with Gasteiger partial charge in [0.2, 0.25) is 0 Å². The lowest BCUT2D eigenvalue weighted by Gasteiger charge is -2.37. The van der Waals surface area contributed by atoms with E-state index in [9.17, 15) is 5.11 Å². The Hall–Kier alpha value is -1.20. The summed E-state index contributed by atoms with van der Waals surface area (Å²) in [6, 6.07) is 2.27. The molecular weight excluding hydrogens is 258 g/mol. The highest BCUT2D eigenvalue weighted by atomic mass is 32.1. The van der Waals surface area contributed by atoms with Crippen LogP contribution in [0.15, 0.2) is 12.3 Å². The van der Waals surface area contributed by atoms with E-state index >= 15 is 0 Å². The summed E-state index contributed by atoms with van der Waals surface area (Å²) >= 11 is 5.17. The van der Waals surface area contributed by atoms with Gasteiger partial charge in [0.25, 0.3) is 0 Å². The van der Waals surface area contributed by atoms with Crippen molar-refractivity contribution in [2.24, 2.45) is 5.73 Å². The molecule has 1 aromatic heterocycles. The van der Waals surface area contributed by atoms with Crippen molar-refractivity contribution in [3.8, 4) is 0 Å². The van der Waals surface area contributed by atoms with Crippen molar-refractivity contribution in [3.05, 3.63) is 23.4 Å². The van der Waals surface area contributed by atoms with Gasteiger partial charge in [-0.3, -0.25) is 0 Å². The van der Waals surface area contributed by atoms with Gasteiger partial charge in [-0.05, 0) is 44.2 Å². The molecule has 1 fully saturated rings. The van der Waals surface area contributed by atoms with E-state index in [1.807, 2.05) is 13.0 Å². The highest BCUT2D eigenvalue weighted by molar-refractivity contribution is 7.80. The molecule has 104 valence electrons. The Morgan fingerprint density at radius 1 is 1.58 bits per heavy atom. The number of aliphatic hydroxyl groups is 1. The van der Waals surface area contributed by atoms with Crippen molar-refractivity contribution in [2.75, 3.05) is 18.1 Å².